The predicted octanol–water partition coefficient (Wildman–Crippen LogP) is 1.79. The van der Waals surface area contributed by atoms with Crippen LogP contribution in [0.4, 0.5) is 0 Å². The van der Waals surface area contributed by atoms with Crippen LogP contribution in [-0.2, 0) is 0 Å². The average Bonchev–Trinajstić information content (AvgIpc) is 2.61. The molecule has 94 valence electrons. The van der Waals surface area contributed by atoms with Crippen LogP contribution in [-0.4, -0.2) is 28.1 Å². The molecule has 0 radical (unpaired) electrons. The van der Waals surface area contributed by atoms with Crippen LogP contribution in [0.2, 0.25) is 0 Å². The minimum Gasteiger partial charge on any atom is -0.393 e. The Labute approximate surface area is 105 Å². The number of carbonyl (C=O) groups excluding carboxylic acids is 1. The Morgan fingerprint density at radius 1 is 1.35 bits per heavy atom. The van der Waals surface area contributed by atoms with E-state index in [0.29, 0.717) is 4.88 Å². The number of carbonyl (C=O) groups is 1. The summed E-state index contributed by atoms with van der Waals surface area (Å²) >= 11 is 1.44. The number of aliphatic hydroxyl groups excluding tert-OH is 1. The van der Waals surface area contributed by atoms with E-state index in [0.717, 1.165) is 36.4 Å². The van der Waals surface area contributed by atoms with Crippen LogP contribution in [0.3, 0.4) is 0 Å². The van der Waals surface area contributed by atoms with Crippen molar-refractivity contribution in [3.05, 3.63) is 15.6 Å². The van der Waals surface area contributed by atoms with Crippen molar-refractivity contribution in [2.45, 2.75) is 51.7 Å². The average molecular weight is 254 g/mol. The summed E-state index contributed by atoms with van der Waals surface area (Å²) in [6.45, 7) is 3.77. The van der Waals surface area contributed by atoms with Gasteiger partial charge in [0.2, 0.25) is 0 Å². The minimum absolute atomic E-state index is 0.0190. The first-order chi connectivity index (χ1) is 8.06. The third kappa shape index (κ3) is 3.04. The highest BCUT2D eigenvalue weighted by atomic mass is 32.1. The first-order valence-electron chi connectivity index (χ1n) is 5.99. The molecule has 2 N–H and O–H groups in total. The molecule has 1 heterocycles. The highest BCUT2D eigenvalue weighted by Gasteiger charge is 2.22. The normalized spacial score (nSPS) is 24.6. The van der Waals surface area contributed by atoms with E-state index >= 15 is 0 Å². The number of rotatable bonds is 2. The number of nitrogens with one attached hydrogen (secondary N) is 1. The third-order valence-electron chi connectivity index (χ3n) is 3.14. The molecule has 0 aromatic carbocycles. The Morgan fingerprint density at radius 3 is 2.53 bits per heavy atom. The fraction of sp³-hybridized carbons (Fsp3) is 0.667. The van der Waals surface area contributed by atoms with Crippen LogP contribution in [0, 0.1) is 13.8 Å². The van der Waals surface area contributed by atoms with Gasteiger partial charge in [-0.25, -0.2) is 4.98 Å². The summed E-state index contributed by atoms with van der Waals surface area (Å²) < 4.78 is 0. The third-order valence-corrected chi connectivity index (χ3v) is 4.21. The van der Waals surface area contributed by atoms with Gasteiger partial charge in [0.1, 0.15) is 4.88 Å². The van der Waals surface area contributed by atoms with Gasteiger partial charge in [0, 0.05) is 6.04 Å². The maximum Gasteiger partial charge on any atom is 0.263 e. The Morgan fingerprint density at radius 2 is 2.00 bits per heavy atom. The van der Waals surface area contributed by atoms with Gasteiger partial charge < -0.3 is 10.4 Å². The second-order valence-electron chi connectivity index (χ2n) is 4.63. The van der Waals surface area contributed by atoms with Crippen molar-refractivity contribution < 1.29 is 9.90 Å². The monoisotopic (exact) mass is 254 g/mol. The van der Waals surface area contributed by atoms with Gasteiger partial charge in [-0.2, -0.15) is 0 Å². The second kappa shape index (κ2) is 5.14. The molecule has 0 atom stereocenters. The van der Waals surface area contributed by atoms with Gasteiger partial charge in [0.25, 0.3) is 5.91 Å². The topological polar surface area (TPSA) is 62.2 Å². The van der Waals surface area contributed by atoms with Crippen LogP contribution in [0.1, 0.15) is 46.1 Å². The van der Waals surface area contributed by atoms with Crippen molar-refractivity contribution in [2.75, 3.05) is 0 Å². The van der Waals surface area contributed by atoms with E-state index in [-0.39, 0.29) is 18.1 Å². The number of thiazole rings is 1. The molecule has 1 amide bonds. The van der Waals surface area contributed by atoms with Gasteiger partial charge in [-0.05, 0) is 39.5 Å². The lowest BCUT2D eigenvalue weighted by Crippen LogP contribution is -2.38. The maximum atomic E-state index is 12.0. The summed E-state index contributed by atoms with van der Waals surface area (Å²) in [5.41, 5.74) is 0.806. The summed E-state index contributed by atoms with van der Waals surface area (Å²) in [5, 5.41) is 13.4. The van der Waals surface area contributed by atoms with Gasteiger partial charge in [0.15, 0.2) is 0 Å². The molecule has 17 heavy (non-hydrogen) atoms. The number of amides is 1. The molecule has 0 saturated heterocycles. The number of hydrogen-bond acceptors (Lipinski definition) is 4. The number of aliphatic hydroxyl groups is 1. The molecular weight excluding hydrogens is 236 g/mol. The van der Waals surface area contributed by atoms with Gasteiger partial charge in [-0.15, -0.1) is 11.3 Å². The molecule has 1 aliphatic rings. The molecule has 5 heteroatoms. The van der Waals surface area contributed by atoms with Crippen LogP contribution in [0.5, 0.6) is 0 Å². The molecule has 0 bridgehead atoms. The smallest absolute Gasteiger partial charge is 0.263 e. The van der Waals surface area contributed by atoms with Gasteiger partial charge in [0.05, 0.1) is 16.8 Å². The summed E-state index contributed by atoms with van der Waals surface area (Å²) in [6, 6.07) is 0.202. The molecule has 1 aromatic rings. The lowest BCUT2D eigenvalue weighted by atomic mass is 9.93. The molecule has 4 nitrogen and oxygen atoms in total. The van der Waals surface area contributed by atoms with Crippen molar-refractivity contribution in [3.63, 3.8) is 0 Å². The van der Waals surface area contributed by atoms with E-state index in [9.17, 15) is 9.90 Å². The zero-order chi connectivity index (χ0) is 12.4. The fourth-order valence-corrected chi connectivity index (χ4v) is 3.04. The number of nitrogens with zero attached hydrogens (tertiary/aromatic N) is 1. The van der Waals surface area contributed by atoms with Crippen molar-refractivity contribution >= 4 is 17.2 Å². The van der Waals surface area contributed by atoms with Crippen LogP contribution in [0.25, 0.3) is 0 Å². The molecule has 1 fully saturated rings. The zero-order valence-corrected chi connectivity index (χ0v) is 11.0. The van der Waals surface area contributed by atoms with Crippen molar-refractivity contribution in [1.82, 2.24) is 10.3 Å². The number of aromatic nitrogens is 1. The van der Waals surface area contributed by atoms with Gasteiger partial charge in [-0.1, -0.05) is 0 Å². The molecular formula is C12H18N2O2S. The highest BCUT2D eigenvalue weighted by molar-refractivity contribution is 7.13. The predicted molar refractivity (Wildman–Crippen MR) is 67.3 cm³/mol. The molecule has 0 aliphatic heterocycles. The fourth-order valence-electron chi connectivity index (χ4n) is 2.21. The summed E-state index contributed by atoms with van der Waals surface area (Å²) in [7, 11) is 0. The minimum atomic E-state index is -0.185. The second-order valence-corrected chi connectivity index (χ2v) is 5.83. The van der Waals surface area contributed by atoms with Crippen molar-refractivity contribution in [1.29, 1.82) is 0 Å². The van der Waals surface area contributed by atoms with Crippen molar-refractivity contribution in [3.8, 4) is 0 Å². The molecule has 0 unspecified atom stereocenters. The Balaban J connectivity index is 1.95. The summed E-state index contributed by atoms with van der Waals surface area (Å²) in [4.78, 5) is 17.0. The zero-order valence-electron chi connectivity index (χ0n) is 10.2. The first-order valence-corrected chi connectivity index (χ1v) is 6.81. The highest BCUT2D eigenvalue weighted by Crippen LogP contribution is 2.21. The molecule has 0 spiro atoms. The SMILES string of the molecule is Cc1nc(C)c(C(=O)NC2CCC(O)CC2)s1. The number of hydrogen-bond donors (Lipinski definition) is 2. The van der Waals surface area contributed by atoms with Crippen LogP contribution in [0.15, 0.2) is 0 Å². The maximum absolute atomic E-state index is 12.0. The van der Waals surface area contributed by atoms with E-state index in [1.807, 2.05) is 13.8 Å². The molecule has 1 aliphatic carbocycles. The van der Waals surface area contributed by atoms with Crippen LogP contribution < -0.4 is 5.32 Å². The van der Waals surface area contributed by atoms with Crippen LogP contribution >= 0.6 is 11.3 Å². The largest absolute Gasteiger partial charge is 0.393 e. The lowest BCUT2D eigenvalue weighted by Gasteiger charge is -2.25. The van der Waals surface area contributed by atoms with E-state index in [4.69, 9.17) is 0 Å². The van der Waals surface area contributed by atoms with E-state index in [1.54, 1.807) is 0 Å². The van der Waals surface area contributed by atoms with E-state index < -0.39 is 0 Å². The Kier molecular flexibility index (Phi) is 3.79. The lowest BCUT2D eigenvalue weighted by molar-refractivity contribution is 0.0870. The van der Waals surface area contributed by atoms with Gasteiger partial charge in [-0.3, -0.25) is 4.79 Å². The first kappa shape index (κ1) is 12.5. The van der Waals surface area contributed by atoms with Gasteiger partial charge >= 0.3 is 0 Å². The van der Waals surface area contributed by atoms with Crippen molar-refractivity contribution in [2.24, 2.45) is 0 Å². The summed E-state index contributed by atoms with van der Waals surface area (Å²) in [6.07, 6.45) is 3.11. The quantitative estimate of drug-likeness (QED) is 0.846. The van der Waals surface area contributed by atoms with E-state index in [1.165, 1.54) is 11.3 Å². The Hall–Kier alpha value is -0.940. The molecule has 1 saturated carbocycles. The number of aryl methyl sites for hydroxylation is 2. The standard InChI is InChI=1S/C12H18N2O2S/c1-7-11(17-8(2)13-7)12(16)14-9-3-5-10(15)6-4-9/h9-10,15H,3-6H2,1-2H3,(H,14,16). The van der Waals surface area contributed by atoms with E-state index in [2.05, 4.69) is 10.3 Å². The molecule has 1 aromatic heterocycles. The summed E-state index contributed by atoms with van der Waals surface area (Å²) in [5.74, 6) is -0.0190. The Bertz CT molecular complexity index is 409. The molecule has 2 rings (SSSR count).